The zero-order chi connectivity index (χ0) is 18.0. The van der Waals surface area contributed by atoms with Gasteiger partial charge in [-0.05, 0) is 12.1 Å². The minimum absolute atomic E-state index is 0.0200. The van der Waals surface area contributed by atoms with Gasteiger partial charge in [0, 0.05) is 56.5 Å². The van der Waals surface area contributed by atoms with E-state index in [1.165, 1.54) is 16.8 Å². The van der Waals surface area contributed by atoms with Gasteiger partial charge in [-0.25, -0.2) is 0 Å². The normalized spacial score (nSPS) is 19.8. The Morgan fingerprint density at radius 2 is 2.16 bits per heavy atom. The molecule has 3 rings (SSSR count). The first-order chi connectivity index (χ1) is 12.0. The molecule has 1 aromatic carbocycles. The molecule has 1 aliphatic heterocycles. The Bertz CT molecular complexity index is 786. The summed E-state index contributed by atoms with van der Waals surface area (Å²) in [5.74, 6) is -0.316. The first-order valence-corrected chi connectivity index (χ1v) is 7.91. The van der Waals surface area contributed by atoms with Crippen molar-refractivity contribution in [2.75, 3.05) is 19.6 Å². The van der Waals surface area contributed by atoms with Crippen molar-refractivity contribution >= 4 is 11.6 Å². The number of amides is 1. The number of nitrogens with zero attached hydrogens (tertiary/aromatic N) is 3. The number of carbonyl (C=O) groups excluding carboxylic acids is 1. The van der Waals surface area contributed by atoms with Crippen LogP contribution in [-0.2, 0) is 7.05 Å². The number of β-amino-alcohol motifs (C(OH)–C–C–N with tert-alkyl or cyclic N) is 1. The number of non-ortho nitro benzene ring substituents is 1. The summed E-state index contributed by atoms with van der Waals surface area (Å²) in [6, 6.07) is 5.91. The number of aliphatic hydroxyl groups excluding tert-OH is 1. The molecular weight excluding hydrogens is 326 g/mol. The van der Waals surface area contributed by atoms with E-state index in [1.807, 2.05) is 0 Å². The van der Waals surface area contributed by atoms with Crippen molar-refractivity contribution in [3.63, 3.8) is 0 Å². The summed E-state index contributed by atoms with van der Waals surface area (Å²) in [7, 11) is 1.70. The maximum atomic E-state index is 12.5. The van der Waals surface area contributed by atoms with Crippen LogP contribution in [0, 0.1) is 16.0 Å². The quantitative estimate of drug-likeness (QED) is 0.529. The second kappa shape index (κ2) is 6.99. The van der Waals surface area contributed by atoms with Crippen LogP contribution < -0.4 is 10.6 Å². The molecule has 9 nitrogen and oxygen atoms in total. The Labute approximate surface area is 143 Å². The van der Waals surface area contributed by atoms with Gasteiger partial charge in [-0.15, -0.1) is 0 Å². The molecule has 0 saturated carbocycles. The molecule has 25 heavy (non-hydrogen) atoms. The van der Waals surface area contributed by atoms with E-state index >= 15 is 0 Å². The number of nitro benzene ring substituents is 1. The lowest BCUT2D eigenvalue weighted by atomic mass is 10.1. The molecule has 1 fully saturated rings. The molecule has 0 radical (unpaired) electrons. The van der Waals surface area contributed by atoms with E-state index in [1.54, 1.807) is 25.4 Å². The molecule has 2 atom stereocenters. The number of carbonyl (C=O) groups is 1. The van der Waals surface area contributed by atoms with Crippen LogP contribution in [0.5, 0.6) is 0 Å². The van der Waals surface area contributed by atoms with Gasteiger partial charge in [-0.1, -0.05) is 0 Å². The average molecular weight is 345 g/mol. The number of benzene rings is 1. The monoisotopic (exact) mass is 345 g/mol. The predicted molar refractivity (Wildman–Crippen MR) is 90.0 cm³/mol. The van der Waals surface area contributed by atoms with Crippen LogP contribution in [-0.4, -0.2) is 51.5 Å². The van der Waals surface area contributed by atoms with Crippen LogP contribution in [0.15, 0.2) is 30.5 Å². The molecule has 1 aliphatic rings. The van der Waals surface area contributed by atoms with Gasteiger partial charge in [0.25, 0.3) is 11.6 Å². The van der Waals surface area contributed by atoms with Crippen LogP contribution in [0.1, 0.15) is 10.4 Å². The summed E-state index contributed by atoms with van der Waals surface area (Å²) in [5, 5.41) is 30.7. The van der Waals surface area contributed by atoms with Crippen LogP contribution >= 0.6 is 0 Å². The van der Waals surface area contributed by atoms with Crippen molar-refractivity contribution in [2.24, 2.45) is 13.0 Å². The number of hydrogen-bond donors (Lipinski definition) is 3. The minimum atomic E-state index is -0.475. The highest BCUT2D eigenvalue weighted by molar-refractivity contribution is 5.99. The molecule has 9 heteroatoms. The maximum absolute atomic E-state index is 12.5. The highest BCUT2D eigenvalue weighted by Crippen LogP contribution is 2.24. The zero-order valence-corrected chi connectivity index (χ0v) is 13.7. The Morgan fingerprint density at radius 1 is 1.44 bits per heavy atom. The molecule has 2 heterocycles. The van der Waals surface area contributed by atoms with E-state index < -0.39 is 11.0 Å². The van der Waals surface area contributed by atoms with E-state index in [0.29, 0.717) is 36.5 Å². The molecule has 3 N–H and O–H groups in total. The Kier molecular flexibility index (Phi) is 4.77. The molecule has 1 saturated heterocycles. The van der Waals surface area contributed by atoms with E-state index in [9.17, 15) is 20.0 Å². The minimum Gasteiger partial charge on any atom is -0.391 e. The van der Waals surface area contributed by atoms with Crippen molar-refractivity contribution in [3.8, 4) is 11.3 Å². The lowest BCUT2D eigenvalue weighted by Gasteiger charge is -2.14. The standard InChI is InChI=1S/C16H19N5O4/c1-20-9-13(16(23)18-7-11-6-17-8-14(11)22)15(19-20)10-2-4-12(5-3-10)21(24)25/h2-5,9,11,14,17,22H,6-8H2,1H3,(H,18,23). The van der Waals surface area contributed by atoms with Gasteiger partial charge in [-0.2, -0.15) is 5.10 Å². The SMILES string of the molecule is Cn1cc(C(=O)NCC2CNCC2O)c(-c2ccc([N+](=O)[O-])cc2)n1. The highest BCUT2D eigenvalue weighted by Gasteiger charge is 2.26. The molecule has 0 bridgehead atoms. The molecule has 0 spiro atoms. The van der Waals surface area contributed by atoms with Crippen molar-refractivity contribution in [2.45, 2.75) is 6.10 Å². The zero-order valence-electron chi connectivity index (χ0n) is 13.7. The summed E-state index contributed by atoms with van der Waals surface area (Å²) in [4.78, 5) is 22.8. The molecule has 132 valence electrons. The number of rotatable bonds is 5. The third-order valence-corrected chi connectivity index (χ3v) is 4.25. The summed E-state index contributed by atoms with van der Waals surface area (Å²) >= 11 is 0. The van der Waals surface area contributed by atoms with Crippen LogP contribution in [0.4, 0.5) is 5.69 Å². The predicted octanol–water partition coefficient (Wildman–Crippen LogP) is 0.305. The van der Waals surface area contributed by atoms with Gasteiger partial charge in [-0.3, -0.25) is 19.6 Å². The second-order valence-corrected chi connectivity index (χ2v) is 6.06. The molecule has 2 unspecified atom stereocenters. The van der Waals surface area contributed by atoms with E-state index in [2.05, 4.69) is 15.7 Å². The lowest BCUT2D eigenvalue weighted by molar-refractivity contribution is -0.384. The fraction of sp³-hybridized carbons (Fsp3) is 0.375. The third kappa shape index (κ3) is 3.67. The smallest absolute Gasteiger partial charge is 0.269 e. The topological polar surface area (TPSA) is 122 Å². The number of aromatic nitrogens is 2. The van der Waals surface area contributed by atoms with E-state index in [-0.39, 0.29) is 17.5 Å². The molecule has 2 aromatic rings. The number of nitro groups is 1. The number of hydrogen-bond acceptors (Lipinski definition) is 6. The van der Waals surface area contributed by atoms with Crippen LogP contribution in [0.25, 0.3) is 11.3 Å². The van der Waals surface area contributed by atoms with Gasteiger partial charge in [0.1, 0.15) is 5.69 Å². The third-order valence-electron chi connectivity index (χ3n) is 4.25. The fourth-order valence-electron chi connectivity index (χ4n) is 2.86. The van der Waals surface area contributed by atoms with Gasteiger partial charge < -0.3 is 15.7 Å². The van der Waals surface area contributed by atoms with Crippen molar-refractivity contribution in [1.29, 1.82) is 0 Å². The van der Waals surface area contributed by atoms with Gasteiger partial charge in [0.2, 0.25) is 0 Å². The Hall–Kier alpha value is -2.78. The molecule has 1 aromatic heterocycles. The van der Waals surface area contributed by atoms with Crippen molar-refractivity contribution < 1.29 is 14.8 Å². The van der Waals surface area contributed by atoms with Crippen LogP contribution in [0.2, 0.25) is 0 Å². The summed E-state index contributed by atoms with van der Waals surface area (Å²) in [6.07, 6.45) is 1.14. The first kappa shape index (κ1) is 17.1. The van der Waals surface area contributed by atoms with Crippen LogP contribution in [0.3, 0.4) is 0 Å². The lowest BCUT2D eigenvalue weighted by Crippen LogP contribution is -2.34. The maximum Gasteiger partial charge on any atom is 0.269 e. The largest absolute Gasteiger partial charge is 0.391 e. The summed E-state index contributed by atoms with van der Waals surface area (Å²) in [5.41, 5.74) is 1.45. The van der Waals surface area contributed by atoms with Gasteiger partial charge >= 0.3 is 0 Å². The molecule has 1 amide bonds. The number of aliphatic hydroxyl groups is 1. The fourth-order valence-corrected chi connectivity index (χ4v) is 2.86. The van der Waals surface area contributed by atoms with Gasteiger partial charge in [0.05, 0.1) is 16.6 Å². The second-order valence-electron chi connectivity index (χ2n) is 6.06. The number of aryl methyl sites for hydroxylation is 1. The Morgan fingerprint density at radius 3 is 2.76 bits per heavy atom. The highest BCUT2D eigenvalue weighted by atomic mass is 16.6. The van der Waals surface area contributed by atoms with Gasteiger partial charge in [0.15, 0.2) is 0 Å². The van der Waals surface area contributed by atoms with E-state index in [4.69, 9.17) is 0 Å². The first-order valence-electron chi connectivity index (χ1n) is 7.91. The summed E-state index contributed by atoms with van der Waals surface area (Å²) in [6.45, 7) is 1.55. The summed E-state index contributed by atoms with van der Waals surface area (Å²) < 4.78 is 1.53. The molecule has 0 aliphatic carbocycles. The number of nitrogens with one attached hydrogen (secondary N) is 2. The van der Waals surface area contributed by atoms with Crippen molar-refractivity contribution in [3.05, 3.63) is 46.1 Å². The molecular formula is C16H19N5O4. The Balaban J connectivity index is 1.78. The average Bonchev–Trinajstić information content (AvgIpc) is 3.18. The van der Waals surface area contributed by atoms with Crippen molar-refractivity contribution in [1.82, 2.24) is 20.4 Å². The van der Waals surface area contributed by atoms with E-state index in [0.717, 1.165) is 0 Å².